The summed E-state index contributed by atoms with van der Waals surface area (Å²) in [4.78, 5) is 9.38. The lowest BCUT2D eigenvalue weighted by molar-refractivity contribution is -0.141. The third kappa shape index (κ3) is 2.27. The highest BCUT2D eigenvalue weighted by Crippen LogP contribution is 2.36. The van der Waals surface area contributed by atoms with Crippen LogP contribution in [0.25, 0.3) is 0 Å². The summed E-state index contributed by atoms with van der Waals surface area (Å²) in [5, 5.41) is 0. The Bertz CT molecular complexity index is 459. The number of piperidine rings is 2. The van der Waals surface area contributed by atoms with E-state index in [1.165, 1.54) is 6.20 Å². The summed E-state index contributed by atoms with van der Waals surface area (Å²) in [5.41, 5.74) is 5.12. The molecule has 3 heterocycles. The van der Waals surface area contributed by atoms with Crippen molar-refractivity contribution < 1.29 is 13.2 Å². The standard InChI is InChI=1S/C12H15F3N4/c13-12(14,15)10-4-18-11(5-17-10)19-6-7-1-2-9(19)8(16)3-7/h4-5,7-9H,1-3,6,16H2. The van der Waals surface area contributed by atoms with Crippen molar-refractivity contribution in [2.75, 3.05) is 11.4 Å². The third-order valence-corrected chi connectivity index (χ3v) is 4.05. The van der Waals surface area contributed by atoms with Gasteiger partial charge in [0.05, 0.1) is 12.4 Å². The first-order chi connectivity index (χ1) is 8.95. The Morgan fingerprint density at radius 2 is 2.00 bits per heavy atom. The molecule has 2 bridgehead atoms. The number of anilines is 1. The van der Waals surface area contributed by atoms with Crippen molar-refractivity contribution in [3.8, 4) is 0 Å². The normalized spacial score (nSPS) is 30.7. The largest absolute Gasteiger partial charge is 0.434 e. The quantitative estimate of drug-likeness (QED) is 0.847. The van der Waals surface area contributed by atoms with Crippen LogP contribution in [0.4, 0.5) is 19.0 Å². The molecular formula is C12H15F3N4. The smallest absolute Gasteiger partial charge is 0.351 e. The molecule has 1 aromatic heterocycles. The van der Waals surface area contributed by atoms with Gasteiger partial charge in [0.25, 0.3) is 0 Å². The summed E-state index contributed by atoms with van der Waals surface area (Å²) < 4.78 is 37.3. The van der Waals surface area contributed by atoms with Gasteiger partial charge in [0.15, 0.2) is 5.69 Å². The lowest BCUT2D eigenvalue weighted by atomic mass is 9.77. The number of hydrogen-bond donors (Lipinski definition) is 1. The van der Waals surface area contributed by atoms with Crippen LogP contribution >= 0.6 is 0 Å². The van der Waals surface area contributed by atoms with E-state index >= 15 is 0 Å². The lowest BCUT2D eigenvalue weighted by Crippen LogP contribution is -2.59. The molecule has 1 saturated carbocycles. The molecule has 19 heavy (non-hydrogen) atoms. The van der Waals surface area contributed by atoms with E-state index in [9.17, 15) is 13.2 Å². The molecule has 104 valence electrons. The van der Waals surface area contributed by atoms with Crippen LogP contribution in [0.3, 0.4) is 0 Å². The van der Waals surface area contributed by atoms with Gasteiger partial charge in [-0.2, -0.15) is 13.2 Å². The van der Waals surface area contributed by atoms with Crippen molar-refractivity contribution in [2.45, 2.75) is 37.5 Å². The molecule has 7 heteroatoms. The summed E-state index contributed by atoms with van der Waals surface area (Å²) in [6.07, 6.45) is 0.676. The van der Waals surface area contributed by atoms with Gasteiger partial charge in [-0.1, -0.05) is 0 Å². The van der Waals surface area contributed by atoms with E-state index in [2.05, 4.69) is 9.97 Å². The van der Waals surface area contributed by atoms with Crippen LogP contribution in [0, 0.1) is 5.92 Å². The van der Waals surface area contributed by atoms with Gasteiger partial charge in [-0.3, -0.25) is 0 Å². The molecule has 2 aliphatic heterocycles. The number of alkyl halides is 3. The number of rotatable bonds is 1. The first kappa shape index (κ1) is 12.7. The van der Waals surface area contributed by atoms with E-state index in [0.29, 0.717) is 11.7 Å². The minimum Gasteiger partial charge on any atom is -0.351 e. The third-order valence-electron chi connectivity index (χ3n) is 4.05. The van der Waals surface area contributed by atoms with Gasteiger partial charge in [-0.15, -0.1) is 0 Å². The highest BCUT2D eigenvalue weighted by atomic mass is 19.4. The molecule has 2 saturated heterocycles. The lowest BCUT2D eigenvalue weighted by Gasteiger charge is -2.49. The minimum absolute atomic E-state index is 0.0802. The fraction of sp³-hybridized carbons (Fsp3) is 0.667. The zero-order chi connectivity index (χ0) is 13.6. The fourth-order valence-corrected chi connectivity index (χ4v) is 3.13. The molecule has 1 aromatic rings. The Morgan fingerprint density at radius 1 is 1.21 bits per heavy atom. The van der Waals surface area contributed by atoms with Crippen LogP contribution in [0.15, 0.2) is 12.4 Å². The topological polar surface area (TPSA) is 55.0 Å². The van der Waals surface area contributed by atoms with Crippen LogP contribution in [0.2, 0.25) is 0 Å². The molecule has 0 spiro atoms. The van der Waals surface area contributed by atoms with Gasteiger partial charge in [0.2, 0.25) is 0 Å². The van der Waals surface area contributed by atoms with Crippen LogP contribution in [0.5, 0.6) is 0 Å². The van der Waals surface area contributed by atoms with Crippen molar-refractivity contribution in [3.05, 3.63) is 18.1 Å². The van der Waals surface area contributed by atoms with E-state index in [1.54, 1.807) is 0 Å². The van der Waals surface area contributed by atoms with Crippen LogP contribution in [-0.4, -0.2) is 28.6 Å². The molecule has 3 fully saturated rings. The molecular weight excluding hydrogens is 257 g/mol. The average molecular weight is 272 g/mol. The van der Waals surface area contributed by atoms with E-state index in [1.807, 2.05) is 4.90 Å². The van der Waals surface area contributed by atoms with E-state index in [0.717, 1.165) is 32.0 Å². The highest BCUT2D eigenvalue weighted by molar-refractivity contribution is 5.40. The van der Waals surface area contributed by atoms with E-state index in [4.69, 9.17) is 5.73 Å². The molecule has 0 aromatic carbocycles. The highest BCUT2D eigenvalue weighted by Gasteiger charge is 2.40. The fourth-order valence-electron chi connectivity index (χ4n) is 3.13. The second-order valence-corrected chi connectivity index (χ2v) is 5.32. The summed E-state index contributed by atoms with van der Waals surface area (Å²) in [6.45, 7) is 0.818. The number of hydrogen-bond acceptors (Lipinski definition) is 4. The van der Waals surface area contributed by atoms with Crippen molar-refractivity contribution in [2.24, 2.45) is 11.7 Å². The van der Waals surface area contributed by atoms with Gasteiger partial charge in [-0.25, -0.2) is 9.97 Å². The van der Waals surface area contributed by atoms with Crippen LogP contribution in [-0.2, 0) is 6.18 Å². The number of aromatic nitrogens is 2. The number of nitrogens with zero attached hydrogens (tertiary/aromatic N) is 3. The summed E-state index contributed by atoms with van der Waals surface area (Å²) in [6, 6.07) is 0.257. The molecule has 3 atom stereocenters. The number of fused-ring (bicyclic) bond motifs is 3. The van der Waals surface area contributed by atoms with E-state index in [-0.39, 0.29) is 12.1 Å². The van der Waals surface area contributed by atoms with Crippen molar-refractivity contribution in [1.82, 2.24) is 9.97 Å². The van der Waals surface area contributed by atoms with Crippen LogP contribution < -0.4 is 10.6 Å². The van der Waals surface area contributed by atoms with Gasteiger partial charge < -0.3 is 10.6 Å². The van der Waals surface area contributed by atoms with Gasteiger partial charge >= 0.3 is 6.18 Å². The molecule has 1 aliphatic carbocycles. The number of halogens is 3. The molecule has 0 radical (unpaired) electrons. The second-order valence-electron chi connectivity index (χ2n) is 5.32. The van der Waals surface area contributed by atoms with Crippen molar-refractivity contribution in [1.29, 1.82) is 0 Å². The molecule has 0 amide bonds. The van der Waals surface area contributed by atoms with Crippen molar-refractivity contribution >= 4 is 5.82 Å². The van der Waals surface area contributed by atoms with E-state index < -0.39 is 11.9 Å². The maximum atomic E-state index is 12.4. The Labute approximate surface area is 108 Å². The van der Waals surface area contributed by atoms with Gasteiger partial charge in [-0.05, 0) is 25.2 Å². The maximum Gasteiger partial charge on any atom is 0.434 e. The molecule has 3 aliphatic rings. The molecule has 4 nitrogen and oxygen atoms in total. The molecule has 4 rings (SSSR count). The van der Waals surface area contributed by atoms with Crippen LogP contribution in [0.1, 0.15) is 25.0 Å². The molecule has 3 unspecified atom stereocenters. The Morgan fingerprint density at radius 3 is 2.53 bits per heavy atom. The SMILES string of the molecule is NC1CC2CCC1N(c1cnc(C(F)(F)F)cn1)C2. The second kappa shape index (κ2) is 4.33. The Balaban J connectivity index is 1.83. The first-order valence-electron chi connectivity index (χ1n) is 6.36. The maximum absolute atomic E-state index is 12.4. The monoisotopic (exact) mass is 272 g/mol. The van der Waals surface area contributed by atoms with Gasteiger partial charge in [0.1, 0.15) is 5.82 Å². The Kier molecular flexibility index (Phi) is 2.88. The minimum atomic E-state index is -4.44. The average Bonchev–Trinajstić information content (AvgIpc) is 2.38. The summed E-state index contributed by atoms with van der Waals surface area (Å²) in [5.74, 6) is 1.02. The number of nitrogens with two attached hydrogens (primary N) is 1. The van der Waals surface area contributed by atoms with Gasteiger partial charge in [0, 0.05) is 18.6 Å². The first-order valence-corrected chi connectivity index (χ1v) is 6.36. The summed E-state index contributed by atoms with van der Waals surface area (Å²) in [7, 11) is 0. The zero-order valence-electron chi connectivity index (χ0n) is 10.3. The summed E-state index contributed by atoms with van der Waals surface area (Å²) >= 11 is 0. The Hall–Kier alpha value is -1.37. The zero-order valence-corrected chi connectivity index (χ0v) is 10.3. The predicted octanol–water partition coefficient (Wildman–Crippen LogP) is 1.81. The molecule has 2 N–H and O–H groups in total. The predicted molar refractivity (Wildman–Crippen MR) is 63.5 cm³/mol. The van der Waals surface area contributed by atoms with Crippen molar-refractivity contribution in [3.63, 3.8) is 0 Å².